The highest BCUT2D eigenvalue weighted by Crippen LogP contribution is 2.37. The number of hydrogen-bond acceptors (Lipinski definition) is 8. The van der Waals surface area contributed by atoms with Gasteiger partial charge in [0.15, 0.2) is 0 Å². The maximum Gasteiger partial charge on any atom is 0.407 e. The standard InChI is InChI=1S/C25H31FN6O5/c1-15(12-27-24(33)37-25(3,4)5)36-21-9-8-18(26)11-19(21)16(2)30-10-6-7-17-14-31-23(29-22(17)30)20(13-28-31)32(34)35/h8-9,11,13-16H,6-7,10,12H2,1-5H3,(H,27,33)/t15-,16+/m0/s1. The van der Waals surface area contributed by atoms with Crippen molar-refractivity contribution in [3.8, 4) is 5.75 Å². The van der Waals surface area contributed by atoms with E-state index in [9.17, 15) is 19.3 Å². The lowest BCUT2D eigenvalue weighted by molar-refractivity contribution is -0.383. The number of alkyl carbamates (subject to hydrolysis) is 1. The Bertz CT molecular complexity index is 1320. The molecule has 1 aliphatic heterocycles. The third-order valence-corrected chi connectivity index (χ3v) is 5.99. The number of halogens is 1. The third-order valence-electron chi connectivity index (χ3n) is 5.99. The average Bonchev–Trinajstić information content (AvgIpc) is 3.23. The molecular formula is C25H31FN6O5. The number of hydrogen-bond donors (Lipinski definition) is 1. The van der Waals surface area contributed by atoms with Crippen LogP contribution in [0.5, 0.6) is 5.75 Å². The van der Waals surface area contributed by atoms with Gasteiger partial charge in [0, 0.05) is 23.9 Å². The van der Waals surface area contributed by atoms with Gasteiger partial charge in [-0.25, -0.2) is 18.7 Å². The summed E-state index contributed by atoms with van der Waals surface area (Å²) in [6.45, 7) is 9.87. The van der Waals surface area contributed by atoms with Crippen molar-refractivity contribution in [2.75, 3.05) is 18.0 Å². The van der Waals surface area contributed by atoms with Gasteiger partial charge in [-0.05, 0) is 65.7 Å². The normalized spacial score (nSPS) is 15.1. The Morgan fingerprint density at radius 2 is 2.08 bits per heavy atom. The largest absolute Gasteiger partial charge is 0.489 e. The quantitative estimate of drug-likeness (QED) is 0.359. The molecule has 3 heterocycles. The number of carbonyl (C=O) groups excluding carboxylic acids is 1. The van der Waals surface area contributed by atoms with Gasteiger partial charge in [0.2, 0.25) is 5.65 Å². The molecule has 0 aliphatic carbocycles. The lowest BCUT2D eigenvalue weighted by Crippen LogP contribution is -2.38. The Morgan fingerprint density at radius 1 is 1.32 bits per heavy atom. The van der Waals surface area contributed by atoms with Crippen LogP contribution in [0, 0.1) is 15.9 Å². The molecule has 37 heavy (non-hydrogen) atoms. The van der Waals surface area contributed by atoms with E-state index in [-0.39, 0.29) is 23.9 Å². The Hall–Kier alpha value is -3.96. The first-order valence-electron chi connectivity index (χ1n) is 12.1. The molecule has 0 spiro atoms. The second kappa shape index (κ2) is 10.2. The van der Waals surface area contributed by atoms with Crippen molar-refractivity contribution in [1.82, 2.24) is 19.9 Å². The van der Waals surface area contributed by atoms with E-state index in [1.165, 1.54) is 22.8 Å². The van der Waals surface area contributed by atoms with Crippen molar-refractivity contribution in [2.24, 2.45) is 0 Å². The summed E-state index contributed by atoms with van der Waals surface area (Å²) in [7, 11) is 0. The minimum absolute atomic E-state index is 0.153. The second-order valence-electron chi connectivity index (χ2n) is 10.1. The van der Waals surface area contributed by atoms with Crippen LogP contribution in [0.1, 0.15) is 58.2 Å². The van der Waals surface area contributed by atoms with Crippen molar-refractivity contribution in [3.63, 3.8) is 0 Å². The van der Waals surface area contributed by atoms with Gasteiger partial charge in [-0.3, -0.25) is 10.1 Å². The maximum atomic E-state index is 14.4. The molecule has 0 unspecified atom stereocenters. The lowest BCUT2D eigenvalue weighted by atomic mass is 10.0. The average molecular weight is 515 g/mol. The molecule has 0 saturated carbocycles. The number of nitro groups is 1. The maximum absolute atomic E-state index is 14.4. The van der Waals surface area contributed by atoms with E-state index in [1.54, 1.807) is 40.0 Å². The zero-order valence-corrected chi connectivity index (χ0v) is 21.5. The van der Waals surface area contributed by atoms with E-state index < -0.39 is 28.5 Å². The number of ether oxygens (including phenoxy) is 2. The summed E-state index contributed by atoms with van der Waals surface area (Å²) in [6.07, 6.45) is 3.55. The fraction of sp³-hybridized carbons (Fsp3) is 0.480. The minimum Gasteiger partial charge on any atom is -0.489 e. The molecule has 3 aromatic rings. The molecule has 2 aromatic heterocycles. The van der Waals surface area contributed by atoms with Crippen LogP contribution < -0.4 is 15.0 Å². The molecule has 198 valence electrons. The predicted molar refractivity (Wildman–Crippen MR) is 134 cm³/mol. The Kier molecular flexibility index (Phi) is 7.19. The Balaban J connectivity index is 1.58. The topological polar surface area (TPSA) is 124 Å². The van der Waals surface area contributed by atoms with Crippen molar-refractivity contribution >= 4 is 23.2 Å². The second-order valence-corrected chi connectivity index (χ2v) is 10.1. The van der Waals surface area contributed by atoms with Crippen LogP contribution >= 0.6 is 0 Å². The SMILES string of the molecule is C[C@H](c1cc(F)ccc1O[C@@H](C)CNC(=O)OC(C)(C)C)N1CCCc2cn3ncc([N+](=O)[O-])c3nc21. The minimum atomic E-state index is -0.616. The summed E-state index contributed by atoms with van der Waals surface area (Å²) in [4.78, 5) is 29.5. The van der Waals surface area contributed by atoms with Gasteiger partial charge in [-0.2, -0.15) is 5.10 Å². The Labute approximate surface area is 213 Å². The smallest absolute Gasteiger partial charge is 0.407 e. The summed E-state index contributed by atoms with van der Waals surface area (Å²) in [5.74, 6) is 0.654. The van der Waals surface area contributed by atoms with Crippen LogP contribution in [0.4, 0.5) is 20.7 Å². The zero-order valence-electron chi connectivity index (χ0n) is 21.5. The van der Waals surface area contributed by atoms with E-state index in [4.69, 9.17) is 9.47 Å². The fourth-order valence-corrected chi connectivity index (χ4v) is 4.32. The zero-order chi connectivity index (χ0) is 26.9. The van der Waals surface area contributed by atoms with Gasteiger partial charge in [0.25, 0.3) is 0 Å². The summed E-state index contributed by atoms with van der Waals surface area (Å²) in [5.41, 5.74) is 0.858. The number of fused-ring (bicyclic) bond motifs is 2. The van der Waals surface area contributed by atoms with Gasteiger partial charge >= 0.3 is 11.8 Å². The lowest BCUT2D eigenvalue weighted by Gasteiger charge is -2.36. The van der Waals surface area contributed by atoms with Gasteiger partial charge in [0.1, 0.15) is 35.3 Å². The monoisotopic (exact) mass is 514 g/mol. The number of carbonyl (C=O) groups is 1. The van der Waals surface area contributed by atoms with Gasteiger partial charge in [0.05, 0.1) is 17.5 Å². The van der Waals surface area contributed by atoms with Crippen molar-refractivity contribution < 1.29 is 23.6 Å². The molecule has 12 heteroatoms. The fourth-order valence-electron chi connectivity index (χ4n) is 4.32. The first-order chi connectivity index (χ1) is 17.4. The van der Waals surface area contributed by atoms with Crippen LogP contribution in [-0.4, -0.2) is 50.4 Å². The van der Waals surface area contributed by atoms with Crippen molar-refractivity contribution in [2.45, 2.75) is 65.2 Å². The molecule has 0 fully saturated rings. The van der Waals surface area contributed by atoms with E-state index in [0.717, 1.165) is 18.4 Å². The molecule has 0 bridgehead atoms. The number of aryl methyl sites for hydroxylation is 1. The predicted octanol–water partition coefficient (Wildman–Crippen LogP) is 4.58. The first-order valence-corrected chi connectivity index (χ1v) is 12.1. The summed E-state index contributed by atoms with van der Waals surface area (Å²) in [6, 6.07) is 3.95. The van der Waals surface area contributed by atoms with Gasteiger partial charge in [-0.15, -0.1) is 0 Å². The molecule has 1 amide bonds. The van der Waals surface area contributed by atoms with Crippen LogP contribution in [0.3, 0.4) is 0 Å². The molecule has 1 aliphatic rings. The van der Waals surface area contributed by atoms with E-state index >= 15 is 0 Å². The van der Waals surface area contributed by atoms with Crippen LogP contribution in [0.2, 0.25) is 0 Å². The molecule has 0 radical (unpaired) electrons. The summed E-state index contributed by atoms with van der Waals surface area (Å²) in [5, 5.41) is 18.2. The van der Waals surface area contributed by atoms with Crippen LogP contribution in [0.15, 0.2) is 30.6 Å². The van der Waals surface area contributed by atoms with E-state index in [2.05, 4.69) is 15.4 Å². The number of rotatable bonds is 7. The van der Waals surface area contributed by atoms with Crippen LogP contribution in [0.25, 0.3) is 5.65 Å². The van der Waals surface area contributed by atoms with Crippen molar-refractivity contribution in [3.05, 3.63) is 57.7 Å². The van der Waals surface area contributed by atoms with Crippen LogP contribution in [-0.2, 0) is 11.2 Å². The van der Waals surface area contributed by atoms with E-state index in [0.29, 0.717) is 23.7 Å². The molecule has 1 aromatic carbocycles. The first kappa shape index (κ1) is 26.1. The highest BCUT2D eigenvalue weighted by Gasteiger charge is 2.29. The van der Waals surface area contributed by atoms with Gasteiger partial charge in [-0.1, -0.05) is 0 Å². The number of nitrogens with one attached hydrogen (secondary N) is 1. The molecule has 2 atom stereocenters. The number of benzene rings is 1. The number of nitrogens with zero attached hydrogens (tertiary/aromatic N) is 5. The molecule has 1 N–H and O–H groups in total. The molecule has 4 rings (SSSR count). The molecule has 11 nitrogen and oxygen atoms in total. The number of aromatic nitrogens is 3. The molecule has 0 saturated heterocycles. The number of amides is 1. The molecular weight excluding hydrogens is 483 g/mol. The van der Waals surface area contributed by atoms with Gasteiger partial charge < -0.3 is 19.7 Å². The van der Waals surface area contributed by atoms with E-state index in [1.807, 2.05) is 11.8 Å². The highest BCUT2D eigenvalue weighted by molar-refractivity contribution is 5.67. The van der Waals surface area contributed by atoms with Crippen molar-refractivity contribution in [1.29, 1.82) is 0 Å². The summed E-state index contributed by atoms with van der Waals surface area (Å²) >= 11 is 0. The third kappa shape index (κ3) is 5.89. The highest BCUT2D eigenvalue weighted by atomic mass is 19.1. The number of anilines is 1. The summed E-state index contributed by atoms with van der Waals surface area (Å²) < 4.78 is 27.2. The Morgan fingerprint density at radius 3 is 2.78 bits per heavy atom.